The second-order valence-electron chi connectivity index (χ2n) is 5.44. The van der Waals surface area contributed by atoms with Crippen molar-refractivity contribution in [1.82, 2.24) is 14.5 Å². The number of fused-ring (bicyclic) bond motifs is 1. The molecular weight excluding hydrogens is 282 g/mol. The maximum Gasteiger partial charge on any atom is 0.268 e. The van der Waals surface area contributed by atoms with E-state index in [0.717, 1.165) is 31.5 Å². The van der Waals surface area contributed by atoms with Gasteiger partial charge < -0.3 is 4.90 Å². The number of nitrogens with zero attached hydrogens (tertiary/aromatic N) is 3. The summed E-state index contributed by atoms with van der Waals surface area (Å²) in [6, 6.07) is 8.66. The fourth-order valence-electron chi connectivity index (χ4n) is 3.04. The van der Waals surface area contributed by atoms with Crippen LogP contribution < -0.4 is 0 Å². The van der Waals surface area contributed by atoms with E-state index in [1.807, 2.05) is 11.8 Å². The fourth-order valence-corrected chi connectivity index (χ4v) is 3.65. The molecule has 1 aliphatic rings. The highest BCUT2D eigenvalue weighted by Crippen LogP contribution is 2.34. The van der Waals surface area contributed by atoms with Crippen LogP contribution in [0.5, 0.6) is 0 Å². The van der Waals surface area contributed by atoms with Crippen LogP contribution >= 0.6 is 11.5 Å². The number of benzene rings is 1. The predicted octanol–water partition coefficient (Wildman–Crippen LogP) is 3.39. The summed E-state index contributed by atoms with van der Waals surface area (Å²) >= 11 is 1.20. The molecule has 4 nitrogen and oxygen atoms in total. The molecule has 2 heterocycles. The lowest BCUT2D eigenvalue weighted by Gasteiger charge is -2.37. The van der Waals surface area contributed by atoms with E-state index in [1.165, 1.54) is 22.7 Å². The topological polar surface area (TPSA) is 46.1 Å². The molecule has 110 valence electrons. The Morgan fingerprint density at radius 3 is 2.95 bits per heavy atom. The molecule has 1 atom stereocenters. The van der Waals surface area contributed by atoms with Gasteiger partial charge in [-0.1, -0.05) is 42.1 Å². The number of rotatable bonds is 3. The summed E-state index contributed by atoms with van der Waals surface area (Å²) in [6.45, 7) is 4.79. The summed E-state index contributed by atoms with van der Waals surface area (Å²) in [6.07, 6.45) is 2.98. The smallest absolute Gasteiger partial charge is 0.268 e. The van der Waals surface area contributed by atoms with Crippen LogP contribution in [-0.2, 0) is 6.42 Å². The second-order valence-corrected chi connectivity index (χ2v) is 6.19. The van der Waals surface area contributed by atoms with Crippen molar-refractivity contribution in [3.05, 3.63) is 46.0 Å². The van der Waals surface area contributed by atoms with Crippen LogP contribution in [0.4, 0.5) is 0 Å². The molecule has 21 heavy (non-hydrogen) atoms. The molecule has 0 spiro atoms. The Bertz CT molecular complexity index is 652. The summed E-state index contributed by atoms with van der Waals surface area (Å²) in [5, 5.41) is 3.97. The Labute approximate surface area is 129 Å². The first kappa shape index (κ1) is 14.2. The number of hydrogen-bond donors (Lipinski definition) is 0. The molecule has 2 aromatic rings. The van der Waals surface area contributed by atoms with Gasteiger partial charge in [-0.3, -0.25) is 4.79 Å². The van der Waals surface area contributed by atoms with Crippen molar-refractivity contribution in [3.8, 4) is 0 Å². The lowest BCUT2D eigenvalue weighted by molar-refractivity contribution is 0.0654. The Morgan fingerprint density at radius 2 is 2.24 bits per heavy atom. The average molecular weight is 301 g/mol. The van der Waals surface area contributed by atoms with E-state index in [-0.39, 0.29) is 11.9 Å². The van der Waals surface area contributed by atoms with Gasteiger partial charge in [0.15, 0.2) is 0 Å². The molecule has 0 saturated heterocycles. The van der Waals surface area contributed by atoms with Gasteiger partial charge in [0.2, 0.25) is 0 Å². The predicted molar refractivity (Wildman–Crippen MR) is 83.5 cm³/mol. The maximum atomic E-state index is 12.8. The summed E-state index contributed by atoms with van der Waals surface area (Å²) in [5.41, 5.74) is 3.41. The van der Waals surface area contributed by atoms with Gasteiger partial charge in [0.05, 0.1) is 11.7 Å². The number of amides is 1. The molecule has 0 fully saturated rings. The van der Waals surface area contributed by atoms with Gasteiger partial charge in [0, 0.05) is 6.54 Å². The molecule has 0 bridgehead atoms. The number of carbonyl (C=O) groups is 1. The summed E-state index contributed by atoms with van der Waals surface area (Å²) in [4.78, 5) is 15.5. The minimum atomic E-state index is 0.0791. The molecule has 1 aliphatic heterocycles. The molecule has 1 amide bonds. The molecule has 0 aliphatic carbocycles. The van der Waals surface area contributed by atoms with Gasteiger partial charge in [-0.25, -0.2) is 0 Å². The standard InChI is InChI=1S/C16H19N3OS/c1-3-6-14-13-8-5-4-7-12(13)9-10-19(14)16(20)15-11(2)17-18-21-15/h4-5,7-8,14H,3,6,9-10H2,1-2H3. The number of hydrogen-bond acceptors (Lipinski definition) is 4. The van der Waals surface area contributed by atoms with Crippen LogP contribution in [-0.4, -0.2) is 26.9 Å². The Hall–Kier alpha value is -1.75. The molecule has 1 aromatic heterocycles. The van der Waals surface area contributed by atoms with Gasteiger partial charge in [0.25, 0.3) is 5.91 Å². The zero-order chi connectivity index (χ0) is 14.8. The summed E-state index contributed by atoms with van der Waals surface area (Å²) in [7, 11) is 0. The lowest BCUT2D eigenvalue weighted by Crippen LogP contribution is -2.40. The van der Waals surface area contributed by atoms with E-state index < -0.39 is 0 Å². The first-order chi connectivity index (χ1) is 10.2. The first-order valence-corrected chi connectivity index (χ1v) is 8.17. The van der Waals surface area contributed by atoms with Crippen LogP contribution in [0.1, 0.15) is 52.3 Å². The molecule has 3 rings (SSSR count). The molecule has 5 heteroatoms. The minimum absolute atomic E-state index is 0.0791. The highest BCUT2D eigenvalue weighted by Gasteiger charge is 2.32. The van der Waals surface area contributed by atoms with Crippen molar-refractivity contribution in [2.24, 2.45) is 0 Å². The van der Waals surface area contributed by atoms with Gasteiger partial charge >= 0.3 is 0 Å². The van der Waals surface area contributed by atoms with Gasteiger partial charge in [0.1, 0.15) is 4.88 Å². The van der Waals surface area contributed by atoms with Crippen molar-refractivity contribution >= 4 is 17.4 Å². The Morgan fingerprint density at radius 1 is 1.43 bits per heavy atom. The van der Waals surface area contributed by atoms with E-state index in [0.29, 0.717) is 4.88 Å². The lowest BCUT2D eigenvalue weighted by atomic mass is 9.90. The Kier molecular flexibility index (Phi) is 4.01. The minimum Gasteiger partial charge on any atom is -0.330 e. The van der Waals surface area contributed by atoms with E-state index >= 15 is 0 Å². The van der Waals surface area contributed by atoms with Crippen molar-refractivity contribution in [2.75, 3.05) is 6.54 Å². The molecule has 0 N–H and O–H groups in total. The molecule has 0 saturated carbocycles. The van der Waals surface area contributed by atoms with Gasteiger partial charge in [-0.15, -0.1) is 5.10 Å². The van der Waals surface area contributed by atoms with Crippen molar-refractivity contribution < 1.29 is 4.79 Å². The largest absolute Gasteiger partial charge is 0.330 e. The highest BCUT2D eigenvalue weighted by molar-refractivity contribution is 7.07. The third kappa shape index (κ3) is 2.58. The van der Waals surface area contributed by atoms with Crippen LogP contribution in [0.15, 0.2) is 24.3 Å². The van der Waals surface area contributed by atoms with E-state index in [2.05, 4.69) is 40.8 Å². The monoisotopic (exact) mass is 301 g/mol. The van der Waals surface area contributed by atoms with Gasteiger partial charge in [-0.05, 0) is 42.4 Å². The molecule has 0 radical (unpaired) electrons. The molecule has 1 aromatic carbocycles. The molecular formula is C16H19N3OS. The van der Waals surface area contributed by atoms with Crippen LogP contribution in [0, 0.1) is 6.92 Å². The second kappa shape index (κ2) is 5.93. The van der Waals surface area contributed by atoms with Crippen molar-refractivity contribution in [3.63, 3.8) is 0 Å². The molecule has 1 unspecified atom stereocenters. The van der Waals surface area contributed by atoms with Crippen LogP contribution in [0.2, 0.25) is 0 Å². The zero-order valence-electron chi connectivity index (χ0n) is 12.4. The third-order valence-electron chi connectivity index (χ3n) is 4.08. The Balaban J connectivity index is 1.95. The first-order valence-electron chi connectivity index (χ1n) is 7.40. The quantitative estimate of drug-likeness (QED) is 0.873. The van der Waals surface area contributed by atoms with Crippen molar-refractivity contribution in [2.45, 2.75) is 39.2 Å². The number of carbonyl (C=O) groups excluding carboxylic acids is 1. The van der Waals surface area contributed by atoms with Crippen molar-refractivity contribution in [1.29, 1.82) is 0 Å². The summed E-state index contributed by atoms with van der Waals surface area (Å²) < 4.78 is 3.90. The number of aryl methyl sites for hydroxylation is 1. The van der Waals surface area contributed by atoms with E-state index in [4.69, 9.17) is 0 Å². The maximum absolute atomic E-state index is 12.8. The third-order valence-corrected chi connectivity index (χ3v) is 4.90. The van der Waals surface area contributed by atoms with E-state index in [1.54, 1.807) is 0 Å². The van der Waals surface area contributed by atoms with Crippen LogP contribution in [0.3, 0.4) is 0 Å². The highest BCUT2D eigenvalue weighted by atomic mass is 32.1. The zero-order valence-corrected chi connectivity index (χ0v) is 13.2. The van der Waals surface area contributed by atoms with Gasteiger partial charge in [-0.2, -0.15) is 0 Å². The summed E-state index contributed by atoms with van der Waals surface area (Å²) in [5.74, 6) is 0.0791. The normalized spacial score (nSPS) is 17.6. The van der Waals surface area contributed by atoms with E-state index in [9.17, 15) is 4.79 Å². The SMILES string of the molecule is CCCC1c2ccccc2CCN1C(=O)c1snnc1C. The average Bonchev–Trinajstić information content (AvgIpc) is 2.93. The van der Waals surface area contributed by atoms with Crippen LogP contribution in [0.25, 0.3) is 0 Å². The number of aromatic nitrogens is 2. The fraction of sp³-hybridized carbons (Fsp3) is 0.438.